The van der Waals surface area contributed by atoms with Gasteiger partial charge in [0.05, 0.1) is 5.69 Å². The molecule has 55 heavy (non-hydrogen) atoms. The van der Waals surface area contributed by atoms with Gasteiger partial charge in [-0.05, 0) is 98.5 Å². The Morgan fingerprint density at radius 1 is 0.345 bits per heavy atom. The van der Waals surface area contributed by atoms with Crippen LogP contribution in [-0.4, -0.2) is 0 Å². The summed E-state index contributed by atoms with van der Waals surface area (Å²) in [7, 11) is 0. The Morgan fingerprint density at radius 3 is 1.47 bits per heavy atom. The van der Waals surface area contributed by atoms with E-state index in [9.17, 15) is 0 Å². The zero-order valence-corrected chi connectivity index (χ0v) is 30.7. The van der Waals surface area contributed by atoms with E-state index in [0.29, 0.717) is 5.92 Å². The van der Waals surface area contributed by atoms with Gasteiger partial charge in [0, 0.05) is 22.9 Å². The molecule has 0 radical (unpaired) electrons. The van der Waals surface area contributed by atoms with Gasteiger partial charge < -0.3 is 4.90 Å². The fourth-order valence-electron chi connectivity index (χ4n) is 7.87. The minimum atomic E-state index is 0.335. The molecule has 1 aliphatic carbocycles. The first-order valence-electron chi connectivity index (χ1n) is 19.1. The topological polar surface area (TPSA) is 3.24 Å². The lowest BCUT2D eigenvalue weighted by Gasteiger charge is -2.30. The van der Waals surface area contributed by atoms with Crippen molar-refractivity contribution in [3.8, 4) is 55.6 Å². The third-order valence-corrected chi connectivity index (χ3v) is 10.6. The number of rotatable bonds is 9. The van der Waals surface area contributed by atoms with Gasteiger partial charge in [-0.1, -0.05) is 194 Å². The summed E-state index contributed by atoms with van der Waals surface area (Å²) in [5, 5.41) is 0. The van der Waals surface area contributed by atoms with E-state index in [1.807, 2.05) is 0 Å². The standard InChI is InChI=1S/C54H41N/c1-6-18-40(19-7-1)42-30-33-47(34-31-42)55(48-35-37-49(43-22-10-3-11-23-43)52(39-48)45-26-14-5-15-27-45)54-29-17-16-28-51(54)53-38-46(41-20-8-2-9-21-41)32-36-50(53)44-24-12-4-13-25-44/h1-20,22-39,41H,21H2. The molecule has 8 aromatic carbocycles. The Labute approximate surface area is 324 Å². The summed E-state index contributed by atoms with van der Waals surface area (Å²) in [6.07, 6.45) is 9.93. The minimum absolute atomic E-state index is 0.335. The van der Waals surface area contributed by atoms with E-state index in [1.54, 1.807) is 0 Å². The molecule has 0 N–H and O–H groups in total. The molecule has 0 saturated heterocycles. The zero-order valence-electron chi connectivity index (χ0n) is 30.7. The van der Waals surface area contributed by atoms with Gasteiger partial charge in [-0.2, -0.15) is 0 Å². The molecule has 0 heterocycles. The summed E-state index contributed by atoms with van der Waals surface area (Å²) < 4.78 is 0. The molecule has 8 aromatic rings. The van der Waals surface area contributed by atoms with Crippen molar-refractivity contribution in [1.29, 1.82) is 0 Å². The molecular formula is C54H41N. The first-order valence-corrected chi connectivity index (χ1v) is 19.1. The van der Waals surface area contributed by atoms with Crippen LogP contribution in [0.25, 0.3) is 55.6 Å². The molecule has 262 valence electrons. The van der Waals surface area contributed by atoms with Crippen molar-refractivity contribution in [1.82, 2.24) is 0 Å². The van der Waals surface area contributed by atoms with Gasteiger partial charge in [-0.3, -0.25) is 0 Å². The predicted molar refractivity (Wildman–Crippen MR) is 234 cm³/mol. The second-order valence-corrected chi connectivity index (χ2v) is 14.1. The average molecular weight is 704 g/mol. The second-order valence-electron chi connectivity index (χ2n) is 14.1. The molecule has 0 fully saturated rings. The van der Waals surface area contributed by atoms with Crippen molar-refractivity contribution in [2.24, 2.45) is 0 Å². The van der Waals surface area contributed by atoms with Crippen molar-refractivity contribution >= 4 is 17.1 Å². The summed E-state index contributed by atoms with van der Waals surface area (Å²) >= 11 is 0. The monoisotopic (exact) mass is 703 g/mol. The number of para-hydroxylation sites is 1. The Kier molecular flexibility index (Phi) is 9.58. The smallest absolute Gasteiger partial charge is 0.0540 e. The van der Waals surface area contributed by atoms with Gasteiger partial charge in [0.2, 0.25) is 0 Å². The van der Waals surface area contributed by atoms with Crippen LogP contribution in [0.3, 0.4) is 0 Å². The lowest BCUT2D eigenvalue weighted by Crippen LogP contribution is -2.12. The molecule has 1 unspecified atom stereocenters. The molecule has 0 amide bonds. The highest BCUT2D eigenvalue weighted by atomic mass is 15.1. The molecule has 1 heteroatoms. The largest absolute Gasteiger partial charge is 0.310 e. The summed E-state index contributed by atoms with van der Waals surface area (Å²) in [6.45, 7) is 0. The number of hydrogen-bond donors (Lipinski definition) is 0. The molecule has 1 aliphatic rings. The molecule has 0 spiro atoms. The van der Waals surface area contributed by atoms with Gasteiger partial charge in [-0.25, -0.2) is 0 Å². The average Bonchev–Trinajstić information content (AvgIpc) is 3.28. The molecule has 9 rings (SSSR count). The lowest BCUT2D eigenvalue weighted by molar-refractivity contribution is 0.854. The van der Waals surface area contributed by atoms with Crippen LogP contribution in [0.4, 0.5) is 17.1 Å². The van der Waals surface area contributed by atoms with E-state index in [4.69, 9.17) is 0 Å². The van der Waals surface area contributed by atoms with Crippen LogP contribution in [0, 0.1) is 0 Å². The summed E-state index contributed by atoms with van der Waals surface area (Å²) in [5.41, 5.74) is 16.6. The van der Waals surface area contributed by atoms with E-state index in [0.717, 1.165) is 23.5 Å². The Hall–Kier alpha value is -6.96. The number of hydrogen-bond acceptors (Lipinski definition) is 1. The van der Waals surface area contributed by atoms with Gasteiger partial charge in [0.15, 0.2) is 0 Å². The molecule has 0 aromatic heterocycles. The van der Waals surface area contributed by atoms with E-state index in [-0.39, 0.29) is 0 Å². The highest BCUT2D eigenvalue weighted by molar-refractivity contribution is 5.96. The van der Waals surface area contributed by atoms with Crippen molar-refractivity contribution in [2.45, 2.75) is 12.3 Å². The Balaban J connectivity index is 1.27. The summed E-state index contributed by atoms with van der Waals surface area (Å²) in [4.78, 5) is 2.44. The van der Waals surface area contributed by atoms with Crippen LogP contribution in [0.15, 0.2) is 231 Å². The van der Waals surface area contributed by atoms with Crippen molar-refractivity contribution < 1.29 is 0 Å². The van der Waals surface area contributed by atoms with E-state index < -0.39 is 0 Å². The molecular weight excluding hydrogens is 663 g/mol. The van der Waals surface area contributed by atoms with Crippen LogP contribution in [-0.2, 0) is 0 Å². The molecule has 0 saturated carbocycles. The minimum Gasteiger partial charge on any atom is -0.310 e. The van der Waals surface area contributed by atoms with Crippen LogP contribution in [0.2, 0.25) is 0 Å². The predicted octanol–water partition coefficient (Wildman–Crippen LogP) is 15.1. The van der Waals surface area contributed by atoms with Gasteiger partial charge in [0.1, 0.15) is 0 Å². The van der Waals surface area contributed by atoms with Crippen molar-refractivity contribution in [3.05, 3.63) is 236 Å². The molecule has 0 bridgehead atoms. The first-order chi connectivity index (χ1) is 27.3. The van der Waals surface area contributed by atoms with Crippen LogP contribution in [0.1, 0.15) is 17.9 Å². The van der Waals surface area contributed by atoms with E-state index in [1.165, 1.54) is 61.2 Å². The Bertz CT molecular complexity index is 2590. The quantitative estimate of drug-likeness (QED) is 0.145. The number of allylic oxidation sites excluding steroid dienone is 4. The zero-order chi connectivity index (χ0) is 36.8. The normalized spacial score (nSPS) is 13.4. The highest BCUT2D eigenvalue weighted by Crippen LogP contribution is 2.46. The van der Waals surface area contributed by atoms with Crippen LogP contribution in [0.5, 0.6) is 0 Å². The first kappa shape index (κ1) is 33.8. The van der Waals surface area contributed by atoms with Gasteiger partial charge in [0.25, 0.3) is 0 Å². The highest BCUT2D eigenvalue weighted by Gasteiger charge is 2.22. The second kappa shape index (κ2) is 15.6. The molecule has 1 nitrogen and oxygen atoms in total. The van der Waals surface area contributed by atoms with Crippen molar-refractivity contribution in [3.63, 3.8) is 0 Å². The fraction of sp³-hybridized carbons (Fsp3) is 0.0370. The maximum absolute atomic E-state index is 2.44. The number of benzene rings is 8. The van der Waals surface area contributed by atoms with E-state index >= 15 is 0 Å². The van der Waals surface area contributed by atoms with Crippen LogP contribution < -0.4 is 4.90 Å². The number of nitrogens with zero attached hydrogens (tertiary/aromatic N) is 1. The summed E-state index contributed by atoms with van der Waals surface area (Å²) in [6, 6.07) is 74.8. The van der Waals surface area contributed by atoms with E-state index in [2.05, 4.69) is 235 Å². The Morgan fingerprint density at radius 2 is 0.855 bits per heavy atom. The van der Waals surface area contributed by atoms with Crippen molar-refractivity contribution in [2.75, 3.05) is 4.90 Å². The third kappa shape index (κ3) is 7.09. The van der Waals surface area contributed by atoms with Gasteiger partial charge >= 0.3 is 0 Å². The maximum Gasteiger partial charge on any atom is 0.0540 e. The maximum atomic E-state index is 2.44. The SMILES string of the molecule is C1=CCC(c2ccc(-c3ccccc3)c(-c3ccccc3N(c3ccc(-c4ccccc4)cc3)c3ccc(-c4ccccc4)c(-c4ccccc4)c3)c2)C=C1. The molecule has 1 atom stereocenters. The lowest BCUT2D eigenvalue weighted by atomic mass is 9.86. The number of anilines is 3. The van der Waals surface area contributed by atoms with Gasteiger partial charge in [-0.15, -0.1) is 0 Å². The third-order valence-electron chi connectivity index (χ3n) is 10.6. The fourth-order valence-corrected chi connectivity index (χ4v) is 7.87. The van der Waals surface area contributed by atoms with Crippen LogP contribution >= 0.6 is 0 Å². The molecule has 0 aliphatic heterocycles. The summed E-state index contributed by atoms with van der Waals surface area (Å²) in [5.74, 6) is 0.335.